The summed E-state index contributed by atoms with van der Waals surface area (Å²) < 4.78 is 31.1. The molecule has 1 aliphatic rings. The van der Waals surface area contributed by atoms with Gasteiger partial charge >= 0.3 is 0 Å². The number of carbonyl (C=O) groups is 1. The lowest BCUT2D eigenvalue weighted by atomic mass is 10.1. The van der Waals surface area contributed by atoms with E-state index < -0.39 is 6.43 Å². The quantitative estimate of drug-likeness (QED) is 0.843. The average molecular weight is 275 g/mol. The molecule has 2 aromatic rings. The lowest BCUT2D eigenvalue weighted by Gasteiger charge is -2.09. The van der Waals surface area contributed by atoms with Crippen LogP contribution in [0.25, 0.3) is 0 Å². The van der Waals surface area contributed by atoms with Gasteiger partial charge < -0.3 is 10.1 Å². The van der Waals surface area contributed by atoms with Crippen molar-refractivity contribution in [1.82, 2.24) is 0 Å². The number of ether oxygens (including phenoxy) is 1. The first kappa shape index (κ1) is 12.6. The summed E-state index contributed by atoms with van der Waals surface area (Å²) in [6.07, 6.45) is -2.58. The summed E-state index contributed by atoms with van der Waals surface area (Å²) in [5, 5.41) is 2.66. The Kier molecular flexibility index (Phi) is 2.89. The van der Waals surface area contributed by atoms with Gasteiger partial charge in [0.1, 0.15) is 5.75 Å². The van der Waals surface area contributed by atoms with Gasteiger partial charge in [-0.15, -0.1) is 0 Å². The van der Waals surface area contributed by atoms with E-state index in [0.717, 1.165) is 5.56 Å². The molecular weight excluding hydrogens is 264 g/mol. The minimum Gasteiger partial charge on any atom is -0.454 e. The molecule has 0 saturated carbocycles. The lowest BCUT2D eigenvalue weighted by Crippen LogP contribution is -2.10. The second kappa shape index (κ2) is 4.59. The van der Waals surface area contributed by atoms with Gasteiger partial charge in [-0.3, -0.25) is 4.79 Å². The van der Waals surface area contributed by atoms with Crippen LogP contribution in [0.1, 0.15) is 27.9 Å². The van der Waals surface area contributed by atoms with Crippen LogP contribution in [0.3, 0.4) is 0 Å². The van der Waals surface area contributed by atoms with Crippen molar-refractivity contribution in [3.63, 3.8) is 0 Å². The van der Waals surface area contributed by atoms with Crippen molar-refractivity contribution in [2.45, 2.75) is 13.3 Å². The van der Waals surface area contributed by atoms with Gasteiger partial charge in [0.15, 0.2) is 5.75 Å². The second-order valence-electron chi connectivity index (χ2n) is 4.61. The molecule has 0 unspecified atom stereocenters. The first-order chi connectivity index (χ1) is 9.54. The number of anilines is 1. The zero-order valence-corrected chi connectivity index (χ0v) is 10.6. The second-order valence-corrected chi connectivity index (χ2v) is 4.61. The molecule has 1 aliphatic heterocycles. The Morgan fingerprint density at radius 1 is 1.10 bits per heavy atom. The molecule has 0 radical (unpaired) electrons. The molecule has 1 amide bonds. The minimum absolute atomic E-state index is 0.144. The van der Waals surface area contributed by atoms with E-state index in [2.05, 4.69) is 5.32 Å². The smallest absolute Gasteiger partial charge is 0.263 e. The summed E-state index contributed by atoms with van der Waals surface area (Å²) in [5.41, 5.74) is 1.54. The van der Waals surface area contributed by atoms with E-state index >= 15 is 0 Å². The van der Waals surface area contributed by atoms with E-state index in [0.29, 0.717) is 17.0 Å². The first-order valence-corrected chi connectivity index (χ1v) is 6.06. The van der Waals surface area contributed by atoms with E-state index in [1.807, 2.05) is 6.92 Å². The van der Waals surface area contributed by atoms with Crippen LogP contribution in [-0.4, -0.2) is 5.91 Å². The number of hydrogen-bond acceptors (Lipinski definition) is 2. The van der Waals surface area contributed by atoms with E-state index in [1.54, 1.807) is 18.2 Å². The Labute approximate surface area is 114 Å². The summed E-state index contributed by atoms with van der Waals surface area (Å²) in [5.74, 6) is 0.275. The van der Waals surface area contributed by atoms with Crippen molar-refractivity contribution in [1.29, 1.82) is 0 Å². The molecule has 3 rings (SSSR count). The SMILES string of the molecule is Cc1ccc2c(c1)Oc1cc(C(F)F)ccc1NC2=O. The molecule has 0 spiro atoms. The maximum atomic E-state index is 12.7. The third kappa shape index (κ3) is 2.11. The predicted molar refractivity (Wildman–Crippen MR) is 70.6 cm³/mol. The van der Waals surface area contributed by atoms with Crippen molar-refractivity contribution in [3.05, 3.63) is 53.1 Å². The maximum Gasteiger partial charge on any atom is 0.263 e. The van der Waals surface area contributed by atoms with Gasteiger partial charge in [0.2, 0.25) is 0 Å². The van der Waals surface area contributed by atoms with Gasteiger partial charge in [-0.2, -0.15) is 0 Å². The normalized spacial score (nSPS) is 13.1. The monoisotopic (exact) mass is 275 g/mol. The van der Waals surface area contributed by atoms with Crippen molar-refractivity contribution in [3.8, 4) is 11.5 Å². The van der Waals surface area contributed by atoms with Crippen molar-refractivity contribution >= 4 is 11.6 Å². The topological polar surface area (TPSA) is 38.3 Å². The Bertz CT molecular complexity index is 698. The third-order valence-corrected chi connectivity index (χ3v) is 3.11. The zero-order chi connectivity index (χ0) is 14.3. The highest BCUT2D eigenvalue weighted by atomic mass is 19.3. The molecule has 20 heavy (non-hydrogen) atoms. The highest BCUT2D eigenvalue weighted by Gasteiger charge is 2.22. The number of hydrogen-bond donors (Lipinski definition) is 1. The van der Waals surface area contributed by atoms with Crippen LogP contribution in [0.15, 0.2) is 36.4 Å². The number of carbonyl (C=O) groups excluding carboxylic acids is 1. The molecule has 0 atom stereocenters. The van der Waals surface area contributed by atoms with E-state index in [4.69, 9.17) is 4.74 Å². The van der Waals surface area contributed by atoms with Gasteiger partial charge in [0.25, 0.3) is 12.3 Å². The molecule has 0 aromatic heterocycles. The highest BCUT2D eigenvalue weighted by molar-refractivity contribution is 6.08. The Morgan fingerprint density at radius 2 is 1.90 bits per heavy atom. The van der Waals surface area contributed by atoms with Gasteiger partial charge in [0, 0.05) is 5.56 Å². The summed E-state index contributed by atoms with van der Waals surface area (Å²) in [4.78, 5) is 12.1. The fourth-order valence-corrected chi connectivity index (χ4v) is 2.07. The molecule has 0 bridgehead atoms. The van der Waals surface area contributed by atoms with E-state index in [9.17, 15) is 13.6 Å². The number of halogens is 2. The zero-order valence-electron chi connectivity index (χ0n) is 10.6. The molecule has 2 aromatic carbocycles. The molecule has 1 heterocycles. The molecule has 102 valence electrons. The summed E-state index contributed by atoms with van der Waals surface area (Å²) in [7, 11) is 0. The minimum atomic E-state index is -2.58. The Morgan fingerprint density at radius 3 is 2.65 bits per heavy atom. The van der Waals surface area contributed by atoms with Gasteiger partial charge in [-0.1, -0.05) is 12.1 Å². The van der Waals surface area contributed by atoms with Crippen LogP contribution in [0.5, 0.6) is 11.5 Å². The van der Waals surface area contributed by atoms with Crippen molar-refractivity contribution in [2.75, 3.05) is 5.32 Å². The number of aryl methyl sites for hydroxylation is 1. The number of nitrogens with one attached hydrogen (secondary N) is 1. The molecule has 3 nitrogen and oxygen atoms in total. The van der Waals surface area contributed by atoms with Crippen molar-refractivity contribution in [2.24, 2.45) is 0 Å². The number of rotatable bonds is 1. The largest absolute Gasteiger partial charge is 0.454 e. The molecule has 0 fully saturated rings. The van der Waals surface area contributed by atoms with Gasteiger partial charge in [-0.05, 0) is 36.8 Å². The maximum absolute atomic E-state index is 12.7. The molecule has 0 aliphatic carbocycles. The molecule has 1 N–H and O–H groups in total. The van der Waals surface area contributed by atoms with Crippen LogP contribution >= 0.6 is 0 Å². The number of amides is 1. The van der Waals surface area contributed by atoms with Crippen LogP contribution < -0.4 is 10.1 Å². The van der Waals surface area contributed by atoms with E-state index in [-0.39, 0.29) is 17.2 Å². The molecule has 0 saturated heterocycles. The van der Waals surface area contributed by atoms with Crippen LogP contribution in [0.2, 0.25) is 0 Å². The first-order valence-electron chi connectivity index (χ1n) is 6.06. The fourth-order valence-electron chi connectivity index (χ4n) is 2.07. The third-order valence-electron chi connectivity index (χ3n) is 3.11. The van der Waals surface area contributed by atoms with Crippen molar-refractivity contribution < 1.29 is 18.3 Å². The Balaban J connectivity index is 2.12. The predicted octanol–water partition coefficient (Wildman–Crippen LogP) is 4.29. The number of alkyl halides is 2. The lowest BCUT2D eigenvalue weighted by molar-refractivity contribution is 0.102. The molecule has 5 heteroatoms. The van der Waals surface area contributed by atoms with Crippen LogP contribution in [0.4, 0.5) is 14.5 Å². The van der Waals surface area contributed by atoms with Gasteiger partial charge in [-0.25, -0.2) is 8.78 Å². The number of fused-ring (bicyclic) bond motifs is 2. The fraction of sp³-hybridized carbons (Fsp3) is 0.133. The highest BCUT2D eigenvalue weighted by Crippen LogP contribution is 2.38. The van der Waals surface area contributed by atoms with Crippen LogP contribution in [-0.2, 0) is 0 Å². The summed E-state index contributed by atoms with van der Waals surface area (Å²) in [6, 6.07) is 9.10. The van der Waals surface area contributed by atoms with Gasteiger partial charge in [0.05, 0.1) is 11.3 Å². The standard InChI is InChI=1S/C15H11F2NO2/c1-8-2-4-10-12(6-8)20-13-7-9(14(16)17)3-5-11(13)18-15(10)19/h2-7,14H,1H3,(H,18,19). The average Bonchev–Trinajstić information content (AvgIpc) is 2.53. The summed E-state index contributed by atoms with van der Waals surface area (Å²) >= 11 is 0. The van der Waals surface area contributed by atoms with Crippen LogP contribution in [0, 0.1) is 6.92 Å². The van der Waals surface area contributed by atoms with E-state index in [1.165, 1.54) is 18.2 Å². The number of benzene rings is 2. The molecular formula is C15H11F2NO2. The Hall–Kier alpha value is -2.43. The summed E-state index contributed by atoms with van der Waals surface area (Å²) in [6.45, 7) is 1.86.